The van der Waals surface area contributed by atoms with Crippen LogP contribution in [0.4, 0.5) is 0 Å². The van der Waals surface area contributed by atoms with Gasteiger partial charge < -0.3 is 10.4 Å². The number of hydrogen-bond acceptors (Lipinski definition) is 3. The molecule has 0 radical (unpaired) electrons. The van der Waals surface area contributed by atoms with E-state index >= 15 is 0 Å². The second-order valence-corrected chi connectivity index (χ2v) is 3.73. The van der Waals surface area contributed by atoms with Crippen LogP contribution in [0, 0.1) is 0 Å². The van der Waals surface area contributed by atoms with Crippen LogP contribution in [0.5, 0.6) is 0 Å². The molecule has 0 fully saturated rings. The average molecular weight is 234 g/mol. The number of carbonyl (C=O) groups excluding carboxylic acids is 1. The highest BCUT2D eigenvalue weighted by Crippen LogP contribution is 2.00. The summed E-state index contributed by atoms with van der Waals surface area (Å²) in [5.41, 5.74) is 1.38. The maximum atomic E-state index is 11.6. The van der Waals surface area contributed by atoms with Gasteiger partial charge in [0.2, 0.25) is 0 Å². The first kappa shape index (κ1) is 12.9. The summed E-state index contributed by atoms with van der Waals surface area (Å²) >= 11 is 0. The number of nitrogens with zero attached hydrogens (tertiary/aromatic N) is 1. The molecule has 0 spiro atoms. The van der Waals surface area contributed by atoms with Crippen molar-refractivity contribution in [1.29, 1.82) is 0 Å². The van der Waals surface area contributed by atoms with Crippen molar-refractivity contribution in [3.63, 3.8) is 0 Å². The molecule has 2 N–H and O–H groups in total. The predicted molar refractivity (Wildman–Crippen MR) is 63.0 cm³/mol. The van der Waals surface area contributed by atoms with Gasteiger partial charge in [0.1, 0.15) is 5.69 Å². The van der Waals surface area contributed by atoms with Crippen LogP contribution in [0.25, 0.3) is 0 Å². The van der Waals surface area contributed by atoms with E-state index in [0.717, 1.165) is 5.57 Å². The summed E-state index contributed by atoms with van der Waals surface area (Å²) in [6.07, 6.45) is 3.14. The number of aromatic nitrogens is 1. The minimum atomic E-state index is -1.11. The SMILES string of the molecule is CC(C)=CCNC(=O)c1ccc(C(=O)O)nc1. The monoisotopic (exact) mass is 234 g/mol. The second kappa shape index (κ2) is 5.79. The average Bonchev–Trinajstić information content (AvgIpc) is 2.28. The van der Waals surface area contributed by atoms with Crippen molar-refractivity contribution in [2.45, 2.75) is 13.8 Å². The van der Waals surface area contributed by atoms with E-state index in [1.54, 1.807) is 0 Å². The third-order valence-corrected chi connectivity index (χ3v) is 2.02. The van der Waals surface area contributed by atoms with Crippen LogP contribution in [0.1, 0.15) is 34.7 Å². The molecule has 0 atom stereocenters. The molecule has 17 heavy (non-hydrogen) atoms. The molecular formula is C12H14N2O3. The van der Waals surface area contributed by atoms with Crippen molar-refractivity contribution in [3.05, 3.63) is 41.2 Å². The molecule has 1 amide bonds. The molecule has 0 aliphatic rings. The van der Waals surface area contributed by atoms with Crippen LogP contribution in [-0.2, 0) is 0 Å². The summed E-state index contributed by atoms with van der Waals surface area (Å²) in [5.74, 6) is -1.38. The molecule has 90 valence electrons. The minimum absolute atomic E-state index is 0.0779. The normalized spacial score (nSPS) is 9.53. The highest BCUT2D eigenvalue weighted by Gasteiger charge is 2.07. The maximum Gasteiger partial charge on any atom is 0.354 e. The Hall–Kier alpha value is -2.17. The maximum absolute atomic E-state index is 11.6. The van der Waals surface area contributed by atoms with Gasteiger partial charge in [-0.25, -0.2) is 9.78 Å². The Bertz CT molecular complexity index is 445. The van der Waals surface area contributed by atoms with E-state index < -0.39 is 5.97 Å². The van der Waals surface area contributed by atoms with Crippen molar-refractivity contribution in [2.75, 3.05) is 6.54 Å². The van der Waals surface area contributed by atoms with E-state index in [1.807, 2.05) is 19.9 Å². The summed E-state index contributed by atoms with van der Waals surface area (Å²) in [6, 6.07) is 2.74. The molecule has 1 rings (SSSR count). The van der Waals surface area contributed by atoms with E-state index in [9.17, 15) is 9.59 Å². The fraction of sp³-hybridized carbons (Fsp3) is 0.250. The Kier molecular flexibility index (Phi) is 4.39. The lowest BCUT2D eigenvalue weighted by atomic mass is 10.2. The number of allylic oxidation sites excluding steroid dienone is 1. The Morgan fingerprint density at radius 2 is 2.12 bits per heavy atom. The number of pyridine rings is 1. The smallest absolute Gasteiger partial charge is 0.354 e. The van der Waals surface area contributed by atoms with Crippen LogP contribution in [0.3, 0.4) is 0 Å². The summed E-state index contributed by atoms with van der Waals surface area (Å²) in [7, 11) is 0. The van der Waals surface area contributed by atoms with Gasteiger partial charge in [-0.3, -0.25) is 4.79 Å². The number of aromatic carboxylic acids is 1. The Morgan fingerprint density at radius 3 is 2.59 bits per heavy atom. The van der Waals surface area contributed by atoms with E-state index in [-0.39, 0.29) is 11.6 Å². The lowest BCUT2D eigenvalue weighted by Crippen LogP contribution is -2.23. The topological polar surface area (TPSA) is 79.3 Å². The van der Waals surface area contributed by atoms with Gasteiger partial charge in [0, 0.05) is 12.7 Å². The van der Waals surface area contributed by atoms with E-state index in [0.29, 0.717) is 12.1 Å². The van der Waals surface area contributed by atoms with E-state index in [4.69, 9.17) is 5.11 Å². The van der Waals surface area contributed by atoms with Crippen LogP contribution < -0.4 is 5.32 Å². The number of hydrogen-bond donors (Lipinski definition) is 2. The number of nitrogens with one attached hydrogen (secondary N) is 1. The van der Waals surface area contributed by atoms with E-state index in [2.05, 4.69) is 10.3 Å². The third-order valence-electron chi connectivity index (χ3n) is 2.02. The zero-order chi connectivity index (χ0) is 12.8. The molecule has 0 unspecified atom stereocenters. The van der Waals surface area contributed by atoms with Crippen LogP contribution >= 0.6 is 0 Å². The van der Waals surface area contributed by atoms with Gasteiger partial charge in [0.05, 0.1) is 5.56 Å². The molecule has 0 aliphatic heterocycles. The van der Waals surface area contributed by atoms with Crippen molar-refractivity contribution in [2.24, 2.45) is 0 Å². The molecule has 5 heteroatoms. The molecule has 1 aromatic rings. The lowest BCUT2D eigenvalue weighted by Gasteiger charge is -2.02. The van der Waals surface area contributed by atoms with Crippen LogP contribution in [0.15, 0.2) is 30.0 Å². The largest absolute Gasteiger partial charge is 0.477 e. The van der Waals surface area contributed by atoms with Gasteiger partial charge >= 0.3 is 5.97 Å². The number of rotatable bonds is 4. The van der Waals surface area contributed by atoms with Gasteiger partial charge in [-0.1, -0.05) is 11.6 Å². The van der Waals surface area contributed by atoms with Gasteiger partial charge in [-0.05, 0) is 26.0 Å². The highest BCUT2D eigenvalue weighted by atomic mass is 16.4. The molecule has 0 saturated heterocycles. The van der Waals surface area contributed by atoms with Crippen molar-refractivity contribution in [1.82, 2.24) is 10.3 Å². The van der Waals surface area contributed by atoms with Gasteiger partial charge in [0.15, 0.2) is 0 Å². The molecule has 5 nitrogen and oxygen atoms in total. The zero-order valence-corrected chi connectivity index (χ0v) is 9.73. The highest BCUT2D eigenvalue weighted by molar-refractivity contribution is 5.94. The molecule has 0 bridgehead atoms. The van der Waals surface area contributed by atoms with Crippen molar-refractivity contribution >= 4 is 11.9 Å². The third kappa shape index (κ3) is 4.06. The Balaban J connectivity index is 2.64. The summed E-state index contributed by atoms with van der Waals surface area (Å²) < 4.78 is 0. The van der Waals surface area contributed by atoms with E-state index in [1.165, 1.54) is 18.3 Å². The summed E-state index contributed by atoms with van der Waals surface area (Å²) in [4.78, 5) is 25.8. The molecule has 1 heterocycles. The fourth-order valence-electron chi connectivity index (χ4n) is 1.10. The van der Waals surface area contributed by atoms with Crippen LogP contribution in [-0.4, -0.2) is 28.5 Å². The van der Waals surface area contributed by atoms with Crippen LogP contribution in [0.2, 0.25) is 0 Å². The number of carboxylic acid groups (broad SMARTS) is 1. The number of carbonyl (C=O) groups is 2. The Labute approximate surface area is 99.2 Å². The first-order chi connectivity index (χ1) is 8.00. The summed E-state index contributed by atoms with van der Waals surface area (Å²) in [6.45, 7) is 4.33. The Morgan fingerprint density at radius 1 is 1.41 bits per heavy atom. The summed E-state index contributed by atoms with van der Waals surface area (Å²) in [5, 5.41) is 11.3. The standard InChI is InChI=1S/C12H14N2O3/c1-8(2)5-6-13-11(15)9-3-4-10(12(16)17)14-7-9/h3-5,7H,6H2,1-2H3,(H,13,15)(H,16,17). The van der Waals surface area contributed by atoms with Crippen molar-refractivity contribution < 1.29 is 14.7 Å². The predicted octanol–water partition coefficient (Wildman–Crippen LogP) is 1.48. The lowest BCUT2D eigenvalue weighted by molar-refractivity contribution is 0.0689. The first-order valence-electron chi connectivity index (χ1n) is 5.11. The molecular weight excluding hydrogens is 220 g/mol. The molecule has 0 aromatic carbocycles. The van der Waals surface area contributed by atoms with Gasteiger partial charge in [-0.15, -0.1) is 0 Å². The first-order valence-corrected chi connectivity index (χ1v) is 5.11. The molecule has 0 aliphatic carbocycles. The minimum Gasteiger partial charge on any atom is -0.477 e. The number of carboxylic acids is 1. The van der Waals surface area contributed by atoms with Gasteiger partial charge in [0.25, 0.3) is 5.91 Å². The second-order valence-electron chi connectivity index (χ2n) is 3.73. The number of amides is 1. The zero-order valence-electron chi connectivity index (χ0n) is 9.73. The van der Waals surface area contributed by atoms with Crippen molar-refractivity contribution in [3.8, 4) is 0 Å². The molecule has 0 saturated carbocycles. The quantitative estimate of drug-likeness (QED) is 0.773. The fourth-order valence-corrected chi connectivity index (χ4v) is 1.10. The molecule has 1 aromatic heterocycles. The van der Waals surface area contributed by atoms with Gasteiger partial charge in [-0.2, -0.15) is 0 Å².